The molecule has 1 aromatic carbocycles. The number of carbonyl (C=O) groups is 1. The van der Waals surface area contributed by atoms with E-state index < -0.39 is 0 Å². The molecule has 106 valence electrons. The van der Waals surface area contributed by atoms with Gasteiger partial charge < -0.3 is 0 Å². The first kappa shape index (κ1) is 14.7. The van der Waals surface area contributed by atoms with E-state index in [1.807, 2.05) is 13.8 Å². The molecule has 0 N–H and O–H groups in total. The first-order chi connectivity index (χ1) is 9.51. The second-order valence-corrected chi connectivity index (χ2v) is 5.06. The van der Waals surface area contributed by atoms with Gasteiger partial charge in [-0.3, -0.25) is 9.48 Å². The number of hydrogen-bond acceptors (Lipinski definition) is 2. The molecular formula is C15H16ClFN2O. The molecule has 2 rings (SSSR count). The zero-order valence-corrected chi connectivity index (χ0v) is 12.2. The van der Waals surface area contributed by atoms with Gasteiger partial charge in [-0.1, -0.05) is 23.7 Å². The molecule has 1 aromatic heterocycles. The van der Waals surface area contributed by atoms with E-state index in [0.29, 0.717) is 11.6 Å². The Hall–Kier alpha value is -1.68. The Morgan fingerprint density at radius 1 is 1.30 bits per heavy atom. The van der Waals surface area contributed by atoms with Crippen LogP contribution in [0.25, 0.3) is 0 Å². The molecule has 0 aliphatic carbocycles. The number of aryl methyl sites for hydroxylation is 2. The zero-order valence-electron chi connectivity index (χ0n) is 11.5. The molecule has 0 bridgehead atoms. The fourth-order valence-corrected chi connectivity index (χ4v) is 2.32. The third-order valence-electron chi connectivity index (χ3n) is 3.13. The van der Waals surface area contributed by atoms with Gasteiger partial charge in [0.05, 0.1) is 22.8 Å². The summed E-state index contributed by atoms with van der Waals surface area (Å²) in [7, 11) is 0. The van der Waals surface area contributed by atoms with Crippen molar-refractivity contribution in [2.24, 2.45) is 0 Å². The highest BCUT2D eigenvalue weighted by Crippen LogP contribution is 2.21. The van der Waals surface area contributed by atoms with E-state index in [2.05, 4.69) is 5.10 Å². The Kier molecular flexibility index (Phi) is 4.55. The molecule has 0 unspecified atom stereocenters. The smallest absolute Gasteiger partial charge is 0.143 e. The average molecular weight is 295 g/mol. The molecular weight excluding hydrogens is 279 g/mol. The van der Waals surface area contributed by atoms with E-state index in [-0.39, 0.29) is 24.4 Å². The van der Waals surface area contributed by atoms with E-state index >= 15 is 0 Å². The fraction of sp³-hybridized carbons (Fsp3) is 0.333. The van der Waals surface area contributed by atoms with Crippen LogP contribution >= 0.6 is 11.6 Å². The second kappa shape index (κ2) is 6.18. The highest BCUT2D eigenvalue weighted by molar-refractivity contribution is 6.32. The summed E-state index contributed by atoms with van der Waals surface area (Å²) in [5, 5.41) is 4.84. The van der Waals surface area contributed by atoms with Gasteiger partial charge in [-0.25, -0.2) is 4.39 Å². The summed E-state index contributed by atoms with van der Waals surface area (Å²) < 4.78 is 14.6. The Bertz CT molecular complexity index is 620. The van der Waals surface area contributed by atoms with Crippen LogP contribution in [0, 0.1) is 12.7 Å². The third kappa shape index (κ3) is 3.25. The van der Waals surface area contributed by atoms with Gasteiger partial charge in [0.2, 0.25) is 0 Å². The lowest BCUT2D eigenvalue weighted by atomic mass is 10.1. The molecule has 0 fully saturated rings. The summed E-state index contributed by atoms with van der Waals surface area (Å²) in [5.74, 6) is -0.267. The molecule has 0 amide bonds. The summed E-state index contributed by atoms with van der Waals surface area (Å²) >= 11 is 6.18. The number of aromatic nitrogens is 2. The van der Waals surface area contributed by atoms with Gasteiger partial charge >= 0.3 is 0 Å². The van der Waals surface area contributed by atoms with Crippen LogP contribution in [0.1, 0.15) is 23.9 Å². The van der Waals surface area contributed by atoms with Gasteiger partial charge in [-0.05, 0) is 31.5 Å². The number of nitrogens with zero attached hydrogens (tertiary/aromatic N) is 2. The number of Topliss-reactive ketones (excluding diaryl/α,β-unsaturated/α-hetero) is 1. The fourth-order valence-electron chi connectivity index (χ4n) is 2.12. The van der Waals surface area contributed by atoms with Crippen molar-refractivity contribution in [3.8, 4) is 0 Å². The van der Waals surface area contributed by atoms with Crippen molar-refractivity contribution in [2.45, 2.75) is 33.2 Å². The topological polar surface area (TPSA) is 34.9 Å². The molecule has 0 spiro atoms. The predicted molar refractivity (Wildman–Crippen MR) is 76.5 cm³/mol. The van der Waals surface area contributed by atoms with Crippen molar-refractivity contribution < 1.29 is 9.18 Å². The highest BCUT2D eigenvalue weighted by Gasteiger charge is 2.16. The molecule has 5 heteroatoms. The first-order valence-electron chi connectivity index (χ1n) is 6.49. The second-order valence-electron chi connectivity index (χ2n) is 4.68. The van der Waals surface area contributed by atoms with Crippen molar-refractivity contribution in [3.05, 3.63) is 52.1 Å². The molecule has 1 heterocycles. The highest BCUT2D eigenvalue weighted by atomic mass is 35.5. The van der Waals surface area contributed by atoms with E-state index in [1.54, 1.807) is 16.8 Å². The summed E-state index contributed by atoms with van der Waals surface area (Å²) in [6, 6.07) is 5.96. The normalized spacial score (nSPS) is 10.8. The summed E-state index contributed by atoms with van der Waals surface area (Å²) in [5.41, 5.74) is 2.28. The predicted octanol–water partition coefficient (Wildman–Crippen LogP) is 3.36. The van der Waals surface area contributed by atoms with Gasteiger partial charge in [-0.2, -0.15) is 5.10 Å². The minimum atomic E-state index is -0.302. The molecule has 0 saturated heterocycles. The van der Waals surface area contributed by atoms with Crippen LogP contribution in [0.5, 0.6) is 0 Å². The van der Waals surface area contributed by atoms with E-state index in [9.17, 15) is 9.18 Å². The van der Waals surface area contributed by atoms with Crippen LogP contribution in [0.4, 0.5) is 4.39 Å². The van der Waals surface area contributed by atoms with Gasteiger partial charge in [-0.15, -0.1) is 0 Å². The van der Waals surface area contributed by atoms with E-state index in [1.165, 1.54) is 12.1 Å². The quantitative estimate of drug-likeness (QED) is 0.847. The van der Waals surface area contributed by atoms with Crippen LogP contribution in [-0.2, 0) is 24.2 Å². The molecule has 2 aromatic rings. The molecule has 0 aliphatic heterocycles. The van der Waals surface area contributed by atoms with Crippen molar-refractivity contribution >= 4 is 17.4 Å². The molecule has 0 atom stereocenters. The molecule has 0 aliphatic rings. The number of rotatable bonds is 5. The van der Waals surface area contributed by atoms with Crippen molar-refractivity contribution in [1.29, 1.82) is 0 Å². The number of benzene rings is 1. The Morgan fingerprint density at radius 3 is 2.55 bits per heavy atom. The average Bonchev–Trinajstić information content (AvgIpc) is 2.69. The Morgan fingerprint density at radius 2 is 1.95 bits per heavy atom. The minimum absolute atomic E-state index is 0.0353. The van der Waals surface area contributed by atoms with E-state index in [0.717, 1.165) is 17.0 Å². The number of carbonyl (C=O) groups excluding carboxylic acids is 1. The summed E-state index contributed by atoms with van der Waals surface area (Å²) in [6.45, 7) is 4.45. The van der Waals surface area contributed by atoms with Crippen molar-refractivity contribution in [3.63, 3.8) is 0 Å². The summed E-state index contributed by atoms with van der Waals surface area (Å²) in [6.07, 6.45) is 0.509. The molecule has 0 radical (unpaired) electrons. The van der Waals surface area contributed by atoms with Crippen LogP contribution in [0.15, 0.2) is 24.3 Å². The maximum Gasteiger partial charge on any atom is 0.143 e. The van der Waals surface area contributed by atoms with E-state index in [4.69, 9.17) is 11.6 Å². The maximum atomic E-state index is 12.8. The first-order valence-corrected chi connectivity index (χ1v) is 6.87. The monoisotopic (exact) mass is 294 g/mol. The van der Waals surface area contributed by atoms with Crippen molar-refractivity contribution in [1.82, 2.24) is 9.78 Å². The van der Waals surface area contributed by atoms with Crippen LogP contribution in [0.3, 0.4) is 0 Å². The van der Waals surface area contributed by atoms with Gasteiger partial charge in [0.25, 0.3) is 0 Å². The maximum absolute atomic E-state index is 12.8. The van der Waals surface area contributed by atoms with Crippen molar-refractivity contribution in [2.75, 3.05) is 0 Å². The Balaban J connectivity index is 2.10. The lowest BCUT2D eigenvalue weighted by Gasteiger charge is -2.05. The lowest BCUT2D eigenvalue weighted by Crippen LogP contribution is -2.11. The largest absolute Gasteiger partial charge is 0.299 e. The zero-order chi connectivity index (χ0) is 14.7. The third-order valence-corrected chi connectivity index (χ3v) is 3.62. The number of halogens is 2. The van der Waals surface area contributed by atoms with Gasteiger partial charge in [0.15, 0.2) is 0 Å². The van der Waals surface area contributed by atoms with Crippen LogP contribution in [-0.4, -0.2) is 15.6 Å². The SMILES string of the molecule is CCn1nc(C)c(Cl)c1CC(=O)Cc1ccc(F)cc1. The summed E-state index contributed by atoms with van der Waals surface area (Å²) in [4.78, 5) is 12.1. The molecule has 0 saturated carbocycles. The van der Waals surface area contributed by atoms with Gasteiger partial charge in [0.1, 0.15) is 11.6 Å². The Labute approximate surface area is 122 Å². The standard InChI is InChI=1S/C15H16ClFN2O/c1-3-19-14(15(16)10(2)18-19)9-13(20)8-11-4-6-12(17)7-5-11/h4-7H,3,8-9H2,1-2H3. The van der Waals surface area contributed by atoms with Crippen LogP contribution in [0.2, 0.25) is 5.02 Å². The molecule has 20 heavy (non-hydrogen) atoms. The molecule has 3 nitrogen and oxygen atoms in total. The van der Waals surface area contributed by atoms with Crippen LogP contribution < -0.4 is 0 Å². The minimum Gasteiger partial charge on any atom is -0.299 e. The number of hydrogen-bond donors (Lipinski definition) is 0. The lowest BCUT2D eigenvalue weighted by molar-refractivity contribution is -0.117. The van der Waals surface area contributed by atoms with Gasteiger partial charge in [0, 0.05) is 13.0 Å². The number of ketones is 1.